The fourth-order valence-corrected chi connectivity index (χ4v) is 2.66. The van der Waals surface area contributed by atoms with Crippen LogP contribution in [-0.2, 0) is 9.47 Å². The molecule has 1 aromatic rings. The van der Waals surface area contributed by atoms with Crippen molar-refractivity contribution in [1.29, 1.82) is 0 Å². The van der Waals surface area contributed by atoms with E-state index in [1.165, 1.54) is 0 Å². The van der Waals surface area contributed by atoms with Crippen molar-refractivity contribution in [3.05, 3.63) is 35.9 Å². The lowest BCUT2D eigenvalue weighted by molar-refractivity contribution is -0.0595. The van der Waals surface area contributed by atoms with Gasteiger partial charge in [0.2, 0.25) is 0 Å². The topological polar surface area (TPSA) is 47.6 Å². The van der Waals surface area contributed by atoms with Crippen LogP contribution in [-0.4, -0.2) is 24.9 Å². The van der Waals surface area contributed by atoms with Crippen LogP contribution >= 0.6 is 0 Å². The summed E-state index contributed by atoms with van der Waals surface area (Å²) in [6, 6.07) is 9.92. The number of carbonyl (C=O) groups excluding carboxylic acids is 1. The Morgan fingerprint density at radius 3 is 2.59 bits per heavy atom. The van der Waals surface area contributed by atoms with Crippen molar-refractivity contribution in [3.8, 4) is 0 Å². The standard InChI is InChI=1S/C13H15NO3/c15-12-14-11(10-4-2-1-3-5-10)13(17-12)6-8-16-9-7-13/h1-5,11H,6-9H2,(H,14,15)/t11-/m1/s1. The zero-order valence-corrected chi connectivity index (χ0v) is 9.52. The number of carbonyl (C=O) groups is 1. The van der Waals surface area contributed by atoms with E-state index in [0.717, 1.165) is 18.4 Å². The highest BCUT2D eigenvalue weighted by atomic mass is 16.6. The molecule has 1 atom stereocenters. The third kappa shape index (κ3) is 1.78. The molecule has 1 spiro atoms. The van der Waals surface area contributed by atoms with E-state index in [1.807, 2.05) is 30.3 Å². The summed E-state index contributed by atoms with van der Waals surface area (Å²) in [6.07, 6.45) is 1.19. The molecule has 90 valence electrons. The van der Waals surface area contributed by atoms with E-state index in [1.54, 1.807) is 0 Å². The minimum atomic E-state index is -0.420. The van der Waals surface area contributed by atoms with Crippen LogP contribution in [0.2, 0.25) is 0 Å². The van der Waals surface area contributed by atoms with Crippen LogP contribution in [0.3, 0.4) is 0 Å². The summed E-state index contributed by atoms with van der Waals surface area (Å²) >= 11 is 0. The van der Waals surface area contributed by atoms with Gasteiger partial charge in [-0.05, 0) is 5.56 Å². The SMILES string of the molecule is O=C1N[C@H](c2ccccc2)C2(CCOCC2)O1. The molecule has 2 fully saturated rings. The van der Waals surface area contributed by atoms with Crippen molar-refractivity contribution >= 4 is 6.09 Å². The zero-order chi connectivity index (χ0) is 11.7. The number of alkyl carbamates (subject to hydrolysis) is 1. The molecule has 0 saturated carbocycles. The zero-order valence-electron chi connectivity index (χ0n) is 9.52. The molecule has 0 unspecified atom stereocenters. The van der Waals surface area contributed by atoms with Crippen LogP contribution in [0.25, 0.3) is 0 Å². The average Bonchev–Trinajstić information content (AvgIpc) is 2.68. The van der Waals surface area contributed by atoms with Crippen LogP contribution < -0.4 is 5.32 Å². The highest BCUT2D eigenvalue weighted by molar-refractivity contribution is 5.71. The van der Waals surface area contributed by atoms with Crippen LogP contribution in [0, 0.1) is 0 Å². The first-order valence-corrected chi connectivity index (χ1v) is 5.92. The van der Waals surface area contributed by atoms with Gasteiger partial charge < -0.3 is 14.8 Å². The number of hydrogen-bond acceptors (Lipinski definition) is 3. The molecule has 0 bridgehead atoms. The summed E-state index contributed by atoms with van der Waals surface area (Å²) in [6.45, 7) is 1.30. The molecule has 3 rings (SSSR count). The molecule has 1 N–H and O–H groups in total. The van der Waals surface area contributed by atoms with Gasteiger partial charge in [-0.25, -0.2) is 4.79 Å². The number of amides is 1. The smallest absolute Gasteiger partial charge is 0.408 e. The van der Waals surface area contributed by atoms with Gasteiger partial charge in [0.15, 0.2) is 0 Å². The largest absolute Gasteiger partial charge is 0.440 e. The molecule has 0 aliphatic carbocycles. The number of rotatable bonds is 1. The molecule has 2 saturated heterocycles. The fourth-order valence-electron chi connectivity index (χ4n) is 2.66. The number of nitrogens with one attached hydrogen (secondary N) is 1. The van der Waals surface area contributed by atoms with Gasteiger partial charge in [-0.15, -0.1) is 0 Å². The van der Waals surface area contributed by atoms with Crippen LogP contribution in [0.15, 0.2) is 30.3 Å². The summed E-state index contributed by atoms with van der Waals surface area (Å²) < 4.78 is 10.9. The molecule has 4 nitrogen and oxygen atoms in total. The highest BCUT2D eigenvalue weighted by Crippen LogP contribution is 2.41. The molecule has 0 radical (unpaired) electrons. The minimum Gasteiger partial charge on any atom is -0.440 e. The number of ether oxygens (including phenoxy) is 2. The van der Waals surface area contributed by atoms with Gasteiger partial charge in [-0.3, -0.25) is 0 Å². The van der Waals surface area contributed by atoms with E-state index in [9.17, 15) is 4.79 Å². The Morgan fingerprint density at radius 1 is 1.18 bits per heavy atom. The molecule has 4 heteroatoms. The molecular weight excluding hydrogens is 218 g/mol. The van der Waals surface area contributed by atoms with Crippen molar-refractivity contribution in [1.82, 2.24) is 5.32 Å². The highest BCUT2D eigenvalue weighted by Gasteiger charge is 2.50. The van der Waals surface area contributed by atoms with Gasteiger partial charge in [0, 0.05) is 12.8 Å². The second kappa shape index (κ2) is 4.04. The summed E-state index contributed by atoms with van der Waals surface area (Å²) in [7, 11) is 0. The van der Waals surface area contributed by atoms with Crippen molar-refractivity contribution in [2.75, 3.05) is 13.2 Å². The van der Waals surface area contributed by atoms with Gasteiger partial charge in [-0.1, -0.05) is 30.3 Å². The lowest BCUT2D eigenvalue weighted by Gasteiger charge is -2.35. The Hall–Kier alpha value is -1.55. The van der Waals surface area contributed by atoms with Crippen molar-refractivity contribution in [2.24, 2.45) is 0 Å². The molecule has 1 aromatic carbocycles. The van der Waals surface area contributed by atoms with E-state index < -0.39 is 5.60 Å². The van der Waals surface area contributed by atoms with Crippen LogP contribution in [0.1, 0.15) is 24.4 Å². The molecule has 1 amide bonds. The quantitative estimate of drug-likeness (QED) is 0.807. The van der Waals surface area contributed by atoms with Crippen LogP contribution in [0.5, 0.6) is 0 Å². The maximum absolute atomic E-state index is 11.5. The van der Waals surface area contributed by atoms with E-state index in [2.05, 4.69) is 5.32 Å². The van der Waals surface area contributed by atoms with E-state index in [4.69, 9.17) is 9.47 Å². The summed E-state index contributed by atoms with van der Waals surface area (Å²) in [5.74, 6) is 0. The second-order valence-corrected chi connectivity index (χ2v) is 4.55. The normalized spacial score (nSPS) is 26.6. The van der Waals surface area contributed by atoms with Crippen molar-refractivity contribution in [2.45, 2.75) is 24.5 Å². The maximum Gasteiger partial charge on any atom is 0.408 e. The first-order valence-electron chi connectivity index (χ1n) is 5.92. The van der Waals surface area contributed by atoms with Gasteiger partial charge >= 0.3 is 6.09 Å². The molecule has 2 aliphatic heterocycles. The summed E-state index contributed by atoms with van der Waals surface area (Å²) in [4.78, 5) is 11.5. The Bertz CT molecular complexity index is 412. The van der Waals surface area contributed by atoms with Gasteiger partial charge in [-0.2, -0.15) is 0 Å². The predicted octanol–water partition coefficient (Wildman–Crippen LogP) is 2.02. The van der Waals surface area contributed by atoms with Crippen molar-refractivity contribution < 1.29 is 14.3 Å². The number of benzene rings is 1. The Morgan fingerprint density at radius 2 is 1.88 bits per heavy atom. The average molecular weight is 233 g/mol. The molecule has 2 aliphatic rings. The Balaban J connectivity index is 1.94. The first-order chi connectivity index (χ1) is 8.30. The van der Waals surface area contributed by atoms with E-state index >= 15 is 0 Å². The molecule has 0 aromatic heterocycles. The lowest BCUT2D eigenvalue weighted by atomic mass is 9.83. The van der Waals surface area contributed by atoms with Gasteiger partial charge in [0.05, 0.1) is 19.3 Å². The van der Waals surface area contributed by atoms with Crippen molar-refractivity contribution in [3.63, 3.8) is 0 Å². The second-order valence-electron chi connectivity index (χ2n) is 4.55. The molecule has 17 heavy (non-hydrogen) atoms. The lowest BCUT2D eigenvalue weighted by Crippen LogP contribution is -2.42. The van der Waals surface area contributed by atoms with E-state index in [-0.39, 0.29) is 12.1 Å². The van der Waals surface area contributed by atoms with Gasteiger partial charge in [0.1, 0.15) is 5.60 Å². The number of hydrogen-bond donors (Lipinski definition) is 1. The molecular formula is C13H15NO3. The minimum absolute atomic E-state index is 0.0555. The Labute approximate surface area is 99.9 Å². The first kappa shape index (κ1) is 10.6. The summed E-state index contributed by atoms with van der Waals surface area (Å²) in [5, 5.41) is 2.91. The Kier molecular flexibility index (Phi) is 2.52. The summed E-state index contributed by atoms with van der Waals surface area (Å²) in [5.41, 5.74) is 0.678. The molecule has 2 heterocycles. The van der Waals surface area contributed by atoms with Gasteiger partial charge in [0.25, 0.3) is 0 Å². The third-order valence-electron chi connectivity index (χ3n) is 3.56. The van der Waals surface area contributed by atoms with Crippen LogP contribution in [0.4, 0.5) is 4.79 Å². The fraction of sp³-hybridized carbons (Fsp3) is 0.462. The third-order valence-corrected chi connectivity index (χ3v) is 3.56. The monoisotopic (exact) mass is 233 g/mol. The van der Waals surface area contributed by atoms with E-state index in [0.29, 0.717) is 13.2 Å². The maximum atomic E-state index is 11.5. The predicted molar refractivity (Wildman–Crippen MR) is 61.6 cm³/mol.